The predicted molar refractivity (Wildman–Crippen MR) is 116 cm³/mol. The fourth-order valence-corrected chi connectivity index (χ4v) is 3.22. The van der Waals surface area contributed by atoms with Crippen molar-refractivity contribution >= 4 is 23.2 Å². The van der Waals surface area contributed by atoms with E-state index in [9.17, 15) is 9.59 Å². The molecule has 2 heterocycles. The van der Waals surface area contributed by atoms with E-state index in [4.69, 9.17) is 9.26 Å². The van der Waals surface area contributed by atoms with Gasteiger partial charge in [0.1, 0.15) is 5.75 Å². The van der Waals surface area contributed by atoms with Gasteiger partial charge >= 0.3 is 0 Å². The van der Waals surface area contributed by atoms with Crippen molar-refractivity contribution in [1.82, 2.24) is 10.1 Å². The molecule has 1 atom stereocenters. The number of hydrogen-bond donors (Lipinski definition) is 2. The van der Waals surface area contributed by atoms with Crippen molar-refractivity contribution in [3.05, 3.63) is 53.9 Å². The van der Waals surface area contributed by atoms with Gasteiger partial charge in [-0.1, -0.05) is 43.3 Å². The third kappa shape index (κ3) is 4.74. The van der Waals surface area contributed by atoms with Crippen LogP contribution in [0.3, 0.4) is 0 Å². The van der Waals surface area contributed by atoms with Crippen molar-refractivity contribution in [2.45, 2.75) is 45.6 Å². The molecule has 1 aliphatic heterocycles. The van der Waals surface area contributed by atoms with Crippen LogP contribution in [0.2, 0.25) is 0 Å². The zero-order valence-electron chi connectivity index (χ0n) is 17.6. The van der Waals surface area contributed by atoms with E-state index in [2.05, 4.69) is 46.8 Å². The summed E-state index contributed by atoms with van der Waals surface area (Å²) in [5.41, 5.74) is 3.22. The molecule has 2 N–H and O–H groups in total. The maximum atomic E-state index is 12.3. The van der Waals surface area contributed by atoms with E-state index in [0.29, 0.717) is 41.2 Å². The third-order valence-electron chi connectivity index (χ3n) is 5.06. The van der Waals surface area contributed by atoms with Gasteiger partial charge < -0.3 is 19.9 Å². The first-order valence-electron chi connectivity index (χ1n) is 10.2. The second-order valence-corrected chi connectivity index (χ2v) is 7.80. The van der Waals surface area contributed by atoms with Crippen molar-refractivity contribution < 1.29 is 18.8 Å². The molecule has 0 radical (unpaired) electrons. The molecule has 0 saturated heterocycles. The SMILES string of the molecule is CC1Oc2ccc(NC(=O)CCc3nc(-c4ccc(C(C)C)cc4)no3)cc2NC1=O. The van der Waals surface area contributed by atoms with Crippen LogP contribution in [0.1, 0.15) is 44.6 Å². The van der Waals surface area contributed by atoms with Crippen LogP contribution in [0.25, 0.3) is 11.4 Å². The second-order valence-electron chi connectivity index (χ2n) is 7.80. The number of fused-ring (bicyclic) bond motifs is 1. The largest absolute Gasteiger partial charge is 0.479 e. The van der Waals surface area contributed by atoms with Crippen LogP contribution in [-0.4, -0.2) is 28.1 Å². The summed E-state index contributed by atoms with van der Waals surface area (Å²) in [5.74, 6) is 1.52. The van der Waals surface area contributed by atoms with Crippen LogP contribution in [0.5, 0.6) is 5.75 Å². The lowest BCUT2D eigenvalue weighted by Gasteiger charge is -2.23. The lowest BCUT2D eigenvalue weighted by Crippen LogP contribution is -2.34. The van der Waals surface area contributed by atoms with Crippen molar-refractivity contribution in [3.8, 4) is 17.1 Å². The number of ether oxygens (including phenoxy) is 1. The molecule has 0 aliphatic carbocycles. The van der Waals surface area contributed by atoms with E-state index in [1.54, 1.807) is 25.1 Å². The lowest BCUT2D eigenvalue weighted by atomic mass is 10.0. The van der Waals surface area contributed by atoms with Gasteiger partial charge in [0.2, 0.25) is 17.6 Å². The maximum Gasteiger partial charge on any atom is 0.265 e. The van der Waals surface area contributed by atoms with Crippen LogP contribution in [-0.2, 0) is 16.0 Å². The molecule has 3 aromatic rings. The number of hydrogen-bond acceptors (Lipinski definition) is 6. The molecule has 0 spiro atoms. The standard InChI is InChI=1S/C23H24N4O4/c1-13(2)15-4-6-16(7-5-15)22-26-21(31-27-22)11-10-20(28)24-17-8-9-19-18(12-17)25-23(29)14(3)30-19/h4-9,12-14H,10-11H2,1-3H3,(H,24,28)(H,25,29). The van der Waals surface area contributed by atoms with Crippen molar-refractivity contribution in [2.24, 2.45) is 0 Å². The molecule has 8 nitrogen and oxygen atoms in total. The van der Waals surface area contributed by atoms with Crippen LogP contribution >= 0.6 is 0 Å². The average molecular weight is 420 g/mol. The van der Waals surface area contributed by atoms with E-state index in [0.717, 1.165) is 5.56 Å². The Balaban J connectivity index is 1.33. The van der Waals surface area contributed by atoms with E-state index < -0.39 is 6.10 Å². The molecular formula is C23H24N4O4. The first kappa shape index (κ1) is 20.6. The van der Waals surface area contributed by atoms with Crippen LogP contribution in [0.4, 0.5) is 11.4 Å². The van der Waals surface area contributed by atoms with Crippen LogP contribution in [0, 0.1) is 0 Å². The smallest absolute Gasteiger partial charge is 0.265 e. The monoisotopic (exact) mass is 420 g/mol. The molecule has 0 bridgehead atoms. The Bertz CT molecular complexity index is 1110. The minimum Gasteiger partial charge on any atom is -0.479 e. The predicted octanol–water partition coefficient (Wildman–Crippen LogP) is 4.15. The van der Waals surface area contributed by atoms with E-state index in [1.165, 1.54) is 5.56 Å². The fourth-order valence-electron chi connectivity index (χ4n) is 3.22. The minimum absolute atomic E-state index is 0.185. The summed E-state index contributed by atoms with van der Waals surface area (Å²) in [6.45, 7) is 5.96. The number of aryl methyl sites for hydroxylation is 1. The number of aromatic nitrogens is 2. The third-order valence-corrected chi connectivity index (χ3v) is 5.06. The van der Waals surface area contributed by atoms with Crippen LogP contribution in [0.15, 0.2) is 47.0 Å². The number of carbonyl (C=O) groups excluding carboxylic acids is 2. The zero-order valence-corrected chi connectivity index (χ0v) is 17.6. The van der Waals surface area contributed by atoms with Gasteiger partial charge in [-0.25, -0.2) is 0 Å². The van der Waals surface area contributed by atoms with Crippen molar-refractivity contribution in [1.29, 1.82) is 0 Å². The Labute approximate surface area is 180 Å². The number of nitrogens with zero attached hydrogens (tertiary/aromatic N) is 2. The highest BCUT2D eigenvalue weighted by Gasteiger charge is 2.23. The Hall–Kier alpha value is -3.68. The second kappa shape index (κ2) is 8.59. The van der Waals surface area contributed by atoms with Gasteiger partial charge in [0, 0.05) is 24.1 Å². The summed E-state index contributed by atoms with van der Waals surface area (Å²) in [7, 11) is 0. The summed E-state index contributed by atoms with van der Waals surface area (Å²) < 4.78 is 10.8. The highest BCUT2D eigenvalue weighted by atomic mass is 16.5. The number of carbonyl (C=O) groups is 2. The van der Waals surface area contributed by atoms with Crippen molar-refractivity contribution in [2.75, 3.05) is 10.6 Å². The van der Waals surface area contributed by atoms with E-state index in [-0.39, 0.29) is 18.2 Å². The van der Waals surface area contributed by atoms with Gasteiger partial charge in [0.05, 0.1) is 5.69 Å². The highest BCUT2D eigenvalue weighted by molar-refractivity contribution is 5.99. The molecule has 31 heavy (non-hydrogen) atoms. The van der Waals surface area contributed by atoms with Crippen LogP contribution < -0.4 is 15.4 Å². The summed E-state index contributed by atoms with van der Waals surface area (Å²) in [4.78, 5) is 28.5. The lowest BCUT2D eigenvalue weighted by molar-refractivity contribution is -0.122. The Morgan fingerprint density at radius 3 is 2.71 bits per heavy atom. The van der Waals surface area contributed by atoms with Gasteiger partial charge in [-0.2, -0.15) is 4.98 Å². The molecule has 0 fully saturated rings. The molecule has 0 saturated carbocycles. The van der Waals surface area contributed by atoms with E-state index in [1.807, 2.05) is 12.1 Å². The molecule has 1 unspecified atom stereocenters. The number of nitrogens with one attached hydrogen (secondary N) is 2. The number of amides is 2. The summed E-state index contributed by atoms with van der Waals surface area (Å²) in [6.07, 6.45) is -0.0313. The molecule has 1 aliphatic rings. The average Bonchev–Trinajstić information content (AvgIpc) is 3.22. The fraction of sp³-hybridized carbons (Fsp3) is 0.304. The minimum atomic E-state index is -0.541. The molecule has 4 rings (SSSR count). The molecule has 1 aromatic heterocycles. The van der Waals surface area contributed by atoms with Gasteiger partial charge in [-0.3, -0.25) is 9.59 Å². The van der Waals surface area contributed by atoms with E-state index >= 15 is 0 Å². The molecule has 160 valence electrons. The molecule has 2 amide bonds. The topological polar surface area (TPSA) is 106 Å². The number of benzene rings is 2. The number of rotatable bonds is 6. The first-order chi connectivity index (χ1) is 14.9. The summed E-state index contributed by atoms with van der Waals surface area (Å²) in [5, 5.41) is 9.58. The Morgan fingerprint density at radius 2 is 1.97 bits per heavy atom. The van der Waals surface area contributed by atoms with Gasteiger partial charge in [-0.15, -0.1) is 0 Å². The maximum absolute atomic E-state index is 12.3. The summed E-state index contributed by atoms with van der Waals surface area (Å²) in [6, 6.07) is 13.2. The van der Waals surface area contributed by atoms with Gasteiger partial charge in [-0.05, 0) is 36.6 Å². The van der Waals surface area contributed by atoms with Crippen molar-refractivity contribution in [3.63, 3.8) is 0 Å². The molecule has 2 aromatic carbocycles. The van der Waals surface area contributed by atoms with Gasteiger partial charge in [0.15, 0.2) is 6.10 Å². The highest BCUT2D eigenvalue weighted by Crippen LogP contribution is 2.32. The molecular weight excluding hydrogens is 396 g/mol. The first-order valence-corrected chi connectivity index (χ1v) is 10.2. The normalized spacial score (nSPS) is 15.2. The molecule has 8 heteroatoms. The Morgan fingerprint density at radius 1 is 1.19 bits per heavy atom. The summed E-state index contributed by atoms with van der Waals surface area (Å²) >= 11 is 0. The number of anilines is 2. The quantitative estimate of drug-likeness (QED) is 0.620. The van der Waals surface area contributed by atoms with Gasteiger partial charge in [0.25, 0.3) is 5.91 Å². The zero-order chi connectivity index (χ0) is 22.0. The Kier molecular flexibility index (Phi) is 5.70.